The topological polar surface area (TPSA) is 59.1 Å². The summed E-state index contributed by atoms with van der Waals surface area (Å²) in [5.41, 5.74) is 0.813. The number of halogens is 2. The Labute approximate surface area is 133 Å². The molecule has 21 heavy (non-hydrogen) atoms. The van der Waals surface area contributed by atoms with Crippen molar-refractivity contribution in [3.63, 3.8) is 0 Å². The van der Waals surface area contributed by atoms with Gasteiger partial charge in [-0.15, -0.1) is 0 Å². The fraction of sp³-hybridized carbons (Fsp3) is 0.286. The average molecular weight is 327 g/mol. The van der Waals surface area contributed by atoms with E-state index >= 15 is 0 Å². The fourth-order valence-electron chi connectivity index (χ4n) is 1.65. The summed E-state index contributed by atoms with van der Waals surface area (Å²) in [6.45, 7) is 1.46. The first-order chi connectivity index (χ1) is 10.2. The van der Waals surface area contributed by atoms with Crippen LogP contribution in [0.15, 0.2) is 30.5 Å². The first-order valence-electron chi connectivity index (χ1n) is 6.47. The molecule has 0 amide bonds. The van der Waals surface area contributed by atoms with Crippen molar-refractivity contribution in [2.45, 2.75) is 6.42 Å². The van der Waals surface area contributed by atoms with E-state index in [1.807, 2.05) is 6.07 Å². The summed E-state index contributed by atoms with van der Waals surface area (Å²) < 4.78 is 4.99. The molecule has 2 rings (SSSR count). The molecule has 5 nitrogen and oxygen atoms in total. The molecule has 0 saturated carbocycles. The third-order valence-electron chi connectivity index (χ3n) is 2.66. The van der Waals surface area contributed by atoms with Crippen molar-refractivity contribution in [1.29, 1.82) is 0 Å². The van der Waals surface area contributed by atoms with E-state index < -0.39 is 0 Å². The molecule has 0 spiro atoms. The first-order valence-corrected chi connectivity index (χ1v) is 7.22. The van der Waals surface area contributed by atoms with Crippen molar-refractivity contribution in [3.8, 4) is 0 Å². The van der Waals surface area contributed by atoms with Crippen molar-refractivity contribution in [1.82, 2.24) is 9.97 Å². The first kappa shape index (κ1) is 15.8. The molecule has 1 heterocycles. The maximum atomic E-state index is 5.98. The summed E-state index contributed by atoms with van der Waals surface area (Å²) in [6.07, 6.45) is 2.58. The molecule has 1 aromatic carbocycles. The van der Waals surface area contributed by atoms with Crippen molar-refractivity contribution >= 4 is 40.7 Å². The number of methoxy groups -OCH3 is 1. The predicted octanol–water partition coefficient (Wildman–Crippen LogP) is 3.98. The quantitative estimate of drug-likeness (QED) is 0.754. The second-order valence-corrected chi connectivity index (χ2v) is 5.11. The van der Waals surface area contributed by atoms with Gasteiger partial charge in [-0.2, -0.15) is 4.98 Å². The predicted molar refractivity (Wildman–Crippen MR) is 86.8 cm³/mol. The van der Waals surface area contributed by atoms with E-state index in [0.29, 0.717) is 28.4 Å². The zero-order valence-corrected chi connectivity index (χ0v) is 13.1. The molecule has 112 valence electrons. The molecule has 0 saturated heterocycles. The van der Waals surface area contributed by atoms with Crippen molar-refractivity contribution in [3.05, 3.63) is 40.5 Å². The van der Waals surface area contributed by atoms with Crippen molar-refractivity contribution in [2.75, 3.05) is 30.9 Å². The van der Waals surface area contributed by atoms with Crippen molar-refractivity contribution in [2.24, 2.45) is 0 Å². The van der Waals surface area contributed by atoms with Crippen LogP contribution in [0.25, 0.3) is 0 Å². The Hall–Kier alpha value is -1.56. The summed E-state index contributed by atoms with van der Waals surface area (Å²) in [5, 5.41) is 7.30. The summed E-state index contributed by atoms with van der Waals surface area (Å²) in [7, 11) is 1.68. The van der Waals surface area contributed by atoms with Gasteiger partial charge >= 0.3 is 0 Å². The smallest absolute Gasteiger partial charge is 0.224 e. The maximum Gasteiger partial charge on any atom is 0.224 e. The fourth-order valence-corrected chi connectivity index (χ4v) is 1.95. The lowest BCUT2D eigenvalue weighted by molar-refractivity contribution is 0.197. The Morgan fingerprint density at radius 3 is 2.81 bits per heavy atom. The van der Waals surface area contributed by atoms with E-state index in [1.165, 1.54) is 0 Å². The van der Waals surface area contributed by atoms with Gasteiger partial charge < -0.3 is 15.4 Å². The number of rotatable bonds is 7. The molecular formula is C14H16Cl2N4O. The van der Waals surface area contributed by atoms with Gasteiger partial charge in [0.05, 0.1) is 10.0 Å². The van der Waals surface area contributed by atoms with E-state index in [4.69, 9.17) is 27.9 Å². The van der Waals surface area contributed by atoms with Crippen LogP contribution in [0.4, 0.5) is 17.5 Å². The lowest BCUT2D eigenvalue weighted by atomic mass is 10.3. The molecule has 0 aliphatic rings. The van der Waals surface area contributed by atoms with Gasteiger partial charge in [0.1, 0.15) is 5.82 Å². The van der Waals surface area contributed by atoms with Crippen LogP contribution in [0.3, 0.4) is 0 Å². The lowest BCUT2D eigenvalue weighted by Gasteiger charge is -2.09. The summed E-state index contributed by atoms with van der Waals surface area (Å²) in [6, 6.07) is 7.10. The van der Waals surface area contributed by atoms with Crippen LogP contribution in [0.5, 0.6) is 0 Å². The van der Waals surface area contributed by atoms with E-state index in [9.17, 15) is 0 Å². The molecular weight excluding hydrogens is 311 g/mol. The monoisotopic (exact) mass is 326 g/mol. The Bertz CT molecular complexity index is 595. The van der Waals surface area contributed by atoms with Gasteiger partial charge in [0, 0.05) is 32.1 Å². The largest absolute Gasteiger partial charge is 0.385 e. The summed E-state index contributed by atoms with van der Waals surface area (Å²) >= 11 is 11.9. The lowest BCUT2D eigenvalue weighted by Crippen LogP contribution is -2.08. The number of ether oxygens (including phenoxy) is 1. The Morgan fingerprint density at radius 1 is 1.19 bits per heavy atom. The minimum absolute atomic E-state index is 0.494. The van der Waals surface area contributed by atoms with Gasteiger partial charge in [-0.05, 0) is 30.7 Å². The van der Waals surface area contributed by atoms with Crippen molar-refractivity contribution < 1.29 is 4.74 Å². The Balaban J connectivity index is 1.98. The van der Waals surface area contributed by atoms with Gasteiger partial charge in [-0.1, -0.05) is 23.2 Å². The second-order valence-electron chi connectivity index (χ2n) is 4.29. The van der Waals surface area contributed by atoms with Gasteiger partial charge in [0.25, 0.3) is 0 Å². The van der Waals surface area contributed by atoms with Crippen LogP contribution >= 0.6 is 23.2 Å². The highest BCUT2D eigenvalue weighted by Crippen LogP contribution is 2.26. The number of nitrogens with zero attached hydrogens (tertiary/aromatic N) is 2. The molecule has 2 N–H and O–H groups in total. The highest BCUT2D eigenvalue weighted by atomic mass is 35.5. The number of hydrogen-bond acceptors (Lipinski definition) is 5. The van der Waals surface area contributed by atoms with E-state index in [-0.39, 0.29) is 0 Å². The Morgan fingerprint density at radius 2 is 2.05 bits per heavy atom. The number of benzene rings is 1. The van der Waals surface area contributed by atoms with Crippen LogP contribution in [-0.2, 0) is 4.74 Å². The third-order valence-corrected chi connectivity index (χ3v) is 3.39. The zero-order valence-electron chi connectivity index (χ0n) is 11.6. The van der Waals surface area contributed by atoms with E-state index in [2.05, 4.69) is 20.6 Å². The molecule has 2 aromatic rings. The van der Waals surface area contributed by atoms with Gasteiger partial charge in [0.15, 0.2) is 0 Å². The summed E-state index contributed by atoms with van der Waals surface area (Å²) in [4.78, 5) is 8.53. The number of nitrogens with one attached hydrogen (secondary N) is 2. The highest BCUT2D eigenvalue weighted by Gasteiger charge is 2.02. The van der Waals surface area contributed by atoms with Gasteiger partial charge in [0.2, 0.25) is 5.95 Å². The van der Waals surface area contributed by atoms with E-state index in [0.717, 1.165) is 18.7 Å². The highest BCUT2D eigenvalue weighted by molar-refractivity contribution is 6.42. The molecule has 0 bridgehead atoms. The molecule has 0 aliphatic carbocycles. The summed E-state index contributed by atoms with van der Waals surface area (Å²) in [5.74, 6) is 1.24. The molecule has 0 aliphatic heterocycles. The minimum atomic E-state index is 0.494. The molecule has 0 atom stereocenters. The standard InChI is InChI=1S/C14H16Cl2N4O/c1-21-8-2-6-17-14-18-7-5-13(20-14)19-10-3-4-11(15)12(16)9-10/h3-5,7,9H,2,6,8H2,1H3,(H2,17,18,19,20). The van der Waals surface area contributed by atoms with Crippen LogP contribution < -0.4 is 10.6 Å². The second kappa shape index (κ2) is 8.02. The van der Waals surface area contributed by atoms with Gasteiger partial charge in [-0.3, -0.25) is 0 Å². The number of anilines is 3. The maximum absolute atomic E-state index is 5.98. The van der Waals surface area contributed by atoms with Crippen LogP contribution in [0.2, 0.25) is 10.0 Å². The Kier molecular flexibility index (Phi) is 6.04. The van der Waals surface area contributed by atoms with Crippen LogP contribution in [0.1, 0.15) is 6.42 Å². The van der Waals surface area contributed by atoms with E-state index in [1.54, 1.807) is 31.5 Å². The minimum Gasteiger partial charge on any atom is -0.385 e. The normalized spacial score (nSPS) is 10.4. The van der Waals surface area contributed by atoms with Crippen LogP contribution in [0, 0.1) is 0 Å². The molecule has 7 heteroatoms. The zero-order chi connectivity index (χ0) is 15.1. The molecule has 0 fully saturated rings. The number of hydrogen-bond donors (Lipinski definition) is 2. The SMILES string of the molecule is COCCCNc1nccc(Nc2ccc(Cl)c(Cl)c2)n1. The molecule has 1 aromatic heterocycles. The van der Waals surface area contributed by atoms with Gasteiger partial charge in [-0.25, -0.2) is 4.98 Å². The van der Waals surface area contributed by atoms with Crippen LogP contribution in [-0.4, -0.2) is 30.2 Å². The molecule has 0 radical (unpaired) electrons. The third kappa shape index (κ3) is 5.04. The average Bonchev–Trinajstić information content (AvgIpc) is 2.48. The molecule has 0 unspecified atom stereocenters. The number of aromatic nitrogens is 2.